The molecule has 3 N–H and O–H groups in total. The summed E-state index contributed by atoms with van der Waals surface area (Å²) >= 11 is 12.0. The summed E-state index contributed by atoms with van der Waals surface area (Å²) in [5.74, 6) is 0. The van der Waals surface area contributed by atoms with Gasteiger partial charge in [-0.1, -0.05) is 29.3 Å². The van der Waals surface area contributed by atoms with E-state index in [4.69, 9.17) is 28.9 Å². The highest BCUT2D eigenvalue weighted by Gasteiger charge is 2.19. The second-order valence-electron chi connectivity index (χ2n) is 3.40. The minimum atomic E-state index is -0.824. The summed E-state index contributed by atoms with van der Waals surface area (Å²) in [7, 11) is 0. The number of halogens is 2. The van der Waals surface area contributed by atoms with Gasteiger partial charge in [-0.15, -0.1) is 0 Å². The van der Waals surface area contributed by atoms with Crippen LogP contribution in [-0.4, -0.2) is 11.1 Å². The lowest BCUT2D eigenvalue weighted by atomic mass is 10.0. The van der Waals surface area contributed by atoms with E-state index < -0.39 is 12.1 Å². The lowest BCUT2D eigenvalue weighted by Crippen LogP contribution is -2.25. The van der Waals surface area contributed by atoms with E-state index in [1.54, 1.807) is 13.0 Å². The molecule has 1 aromatic rings. The van der Waals surface area contributed by atoms with Crippen molar-refractivity contribution >= 4 is 23.2 Å². The molecule has 0 spiro atoms. The van der Waals surface area contributed by atoms with Gasteiger partial charge in [0.15, 0.2) is 0 Å². The molecule has 0 bridgehead atoms. The van der Waals surface area contributed by atoms with Gasteiger partial charge in [0, 0.05) is 16.6 Å². The highest BCUT2D eigenvalue weighted by molar-refractivity contribution is 6.36. The molecule has 2 atom stereocenters. The third-order valence-corrected chi connectivity index (χ3v) is 2.94. The zero-order chi connectivity index (χ0) is 10.9. The first-order valence-electron chi connectivity index (χ1n) is 4.33. The largest absolute Gasteiger partial charge is 0.387 e. The van der Waals surface area contributed by atoms with Crippen LogP contribution in [-0.2, 0) is 0 Å². The molecule has 0 fully saturated rings. The molecule has 0 saturated heterocycles. The molecule has 14 heavy (non-hydrogen) atoms. The Labute approximate surface area is 93.6 Å². The molecule has 0 aliphatic carbocycles. The quantitative estimate of drug-likeness (QED) is 0.826. The van der Waals surface area contributed by atoms with E-state index in [0.29, 0.717) is 15.6 Å². The Bertz CT molecular complexity index is 339. The molecule has 0 aromatic heterocycles. The van der Waals surface area contributed by atoms with Crippen molar-refractivity contribution in [3.8, 4) is 0 Å². The van der Waals surface area contributed by atoms with Gasteiger partial charge in [-0.05, 0) is 25.5 Å². The van der Waals surface area contributed by atoms with Crippen LogP contribution < -0.4 is 5.73 Å². The Balaban J connectivity index is 3.25. The number of hydrogen-bond acceptors (Lipinski definition) is 2. The maximum Gasteiger partial charge on any atom is 0.0967 e. The van der Waals surface area contributed by atoms with Crippen LogP contribution >= 0.6 is 23.2 Å². The van der Waals surface area contributed by atoms with Crippen molar-refractivity contribution in [2.75, 3.05) is 0 Å². The molecule has 0 saturated carbocycles. The normalized spacial score (nSPS) is 15.3. The number of aliphatic hydroxyl groups is 1. The van der Waals surface area contributed by atoms with Crippen molar-refractivity contribution in [1.29, 1.82) is 0 Å². The van der Waals surface area contributed by atoms with Gasteiger partial charge < -0.3 is 10.8 Å². The number of hydrogen-bond donors (Lipinski definition) is 2. The Hall–Kier alpha value is -0.280. The summed E-state index contributed by atoms with van der Waals surface area (Å²) in [5.41, 5.74) is 6.99. The average Bonchev–Trinajstić information content (AvgIpc) is 2.12. The Morgan fingerprint density at radius 2 is 1.93 bits per heavy atom. The van der Waals surface area contributed by atoms with Gasteiger partial charge in [0.25, 0.3) is 0 Å². The fraction of sp³-hybridized carbons (Fsp3) is 0.400. The van der Waals surface area contributed by atoms with Crippen LogP contribution in [0.4, 0.5) is 0 Å². The Kier molecular flexibility index (Phi) is 3.78. The second-order valence-corrected chi connectivity index (χ2v) is 4.18. The molecule has 0 radical (unpaired) electrons. The SMILES string of the molecule is Cc1ccc(Cl)c([C@H](O)[C@H](C)N)c1Cl. The lowest BCUT2D eigenvalue weighted by molar-refractivity contribution is 0.153. The van der Waals surface area contributed by atoms with Crippen molar-refractivity contribution in [3.05, 3.63) is 33.3 Å². The van der Waals surface area contributed by atoms with E-state index in [9.17, 15) is 5.11 Å². The van der Waals surface area contributed by atoms with Crippen LogP contribution in [0.5, 0.6) is 0 Å². The molecule has 0 aliphatic rings. The Morgan fingerprint density at radius 1 is 1.36 bits per heavy atom. The molecular formula is C10H13Cl2NO. The number of benzene rings is 1. The molecule has 2 nitrogen and oxygen atoms in total. The molecule has 0 unspecified atom stereocenters. The summed E-state index contributed by atoms with van der Waals surface area (Å²) in [6.07, 6.45) is -0.824. The van der Waals surface area contributed by atoms with Crippen molar-refractivity contribution in [3.63, 3.8) is 0 Å². The van der Waals surface area contributed by atoms with Crippen LogP contribution in [0.2, 0.25) is 10.0 Å². The molecule has 1 rings (SSSR count). The number of aliphatic hydroxyl groups excluding tert-OH is 1. The third kappa shape index (κ3) is 2.20. The zero-order valence-corrected chi connectivity index (χ0v) is 9.60. The van der Waals surface area contributed by atoms with E-state index in [1.165, 1.54) is 0 Å². The topological polar surface area (TPSA) is 46.2 Å². The van der Waals surface area contributed by atoms with E-state index >= 15 is 0 Å². The Morgan fingerprint density at radius 3 is 2.43 bits per heavy atom. The summed E-state index contributed by atoms with van der Waals surface area (Å²) in [5, 5.41) is 10.7. The third-order valence-electron chi connectivity index (χ3n) is 2.11. The summed E-state index contributed by atoms with van der Waals surface area (Å²) in [4.78, 5) is 0. The van der Waals surface area contributed by atoms with Gasteiger partial charge in [-0.2, -0.15) is 0 Å². The predicted molar refractivity (Wildman–Crippen MR) is 59.8 cm³/mol. The number of nitrogens with two attached hydrogens (primary N) is 1. The van der Waals surface area contributed by atoms with Crippen molar-refractivity contribution in [2.45, 2.75) is 26.0 Å². The molecule has 1 aromatic carbocycles. The van der Waals surface area contributed by atoms with Crippen molar-refractivity contribution in [1.82, 2.24) is 0 Å². The lowest BCUT2D eigenvalue weighted by Gasteiger charge is -2.18. The van der Waals surface area contributed by atoms with Crippen molar-refractivity contribution < 1.29 is 5.11 Å². The van der Waals surface area contributed by atoms with Crippen molar-refractivity contribution in [2.24, 2.45) is 5.73 Å². The minimum Gasteiger partial charge on any atom is -0.387 e. The predicted octanol–water partition coefficient (Wildman–Crippen LogP) is 2.68. The molecular weight excluding hydrogens is 221 g/mol. The van der Waals surface area contributed by atoms with Gasteiger partial charge >= 0.3 is 0 Å². The molecule has 78 valence electrons. The second kappa shape index (κ2) is 4.49. The average molecular weight is 234 g/mol. The van der Waals surface area contributed by atoms with Crippen LogP contribution in [0.25, 0.3) is 0 Å². The first-order chi connectivity index (χ1) is 6.45. The first kappa shape index (κ1) is 11.8. The van der Waals surface area contributed by atoms with E-state index in [1.807, 2.05) is 13.0 Å². The fourth-order valence-electron chi connectivity index (χ4n) is 1.21. The molecule has 0 heterocycles. The minimum absolute atomic E-state index is 0.396. The molecule has 4 heteroatoms. The first-order valence-corrected chi connectivity index (χ1v) is 5.09. The molecule has 0 amide bonds. The summed E-state index contributed by atoms with van der Waals surface area (Å²) in [6.45, 7) is 3.57. The van der Waals surface area contributed by atoms with Gasteiger partial charge in [0.1, 0.15) is 0 Å². The van der Waals surface area contributed by atoms with Crippen LogP contribution in [0.3, 0.4) is 0 Å². The van der Waals surface area contributed by atoms with Gasteiger partial charge in [0.2, 0.25) is 0 Å². The fourth-order valence-corrected chi connectivity index (χ4v) is 1.81. The van der Waals surface area contributed by atoms with Gasteiger partial charge in [-0.25, -0.2) is 0 Å². The highest BCUT2D eigenvalue weighted by atomic mass is 35.5. The van der Waals surface area contributed by atoms with Crippen LogP contribution in [0, 0.1) is 6.92 Å². The van der Waals surface area contributed by atoms with E-state index in [-0.39, 0.29) is 0 Å². The van der Waals surface area contributed by atoms with Gasteiger partial charge in [-0.3, -0.25) is 0 Å². The summed E-state index contributed by atoms with van der Waals surface area (Å²) < 4.78 is 0. The monoisotopic (exact) mass is 233 g/mol. The van der Waals surface area contributed by atoms with Gasteiger partial charge in [0.05, 0.1) is 11.1 Å². The van der Waals surface area contributed by atoms with E-state index in [2.05, 4.69) is 0 Å². The standard InChI is InChI=1S/C10H13Cl2NO/c1-5-3-4-7(11)8(9(5)12)10(14)6(2)13/h3-4,6,10,14H,13H2,1-2H3/t6-,10+/m0/s1. The molecule has 0 aliphatic heterocycles. The van der Waals surface area contributed by atoms with Crippen LogP contribution in [0.15, 0.2) is 12.1 Å². The number of aryl methyl sites for hydroxylation is 1. The smallest absolute Gasteiger partial charge is 0.0967 e. The zero-order valence-electron chi connectivity index (χ0n) is 8.09. The number of rotatable bonds is 2. The maximum absolute atomic E-state index is 9.79. The van der Waals surface area contributed by atoms with Crippen LogP contribution in [0.1, 0.15) is 24.2 Å². The highest BCUT2D eigenvalue weighted by Crippen LogP contribution is 2.33. The van der Waals surface area contributed by atoms with E-state index in [0.717, 1.165) is 5.56 Å². The summed E-state index contributed by atoms with van der Waals surface area (Å²) in [6, 6.07) is 3.12. The maximum atomic E-state index is 9.79.